The van der Waals surface area contributed by atoms with Crippen LogP contribution in [0.5, 0.6) is 0 Å². The Morgan fingerprint density at radius 1 is 1.37 bits per heavy atom. The van der Waals surface area contributed by atoms with E-state index in [1.165, 1.54) is 5.38 Å². The van der Waals surface area contributed by atoms with Crippen LogP contribution in [-0.4, -0.2) is 17.6 Å². The second-order valence-electron chi connectivity index (χ2n) is 3.54. The molecule has 0 saturated carbocycles. The van der Waals surface area contributed by atoms with E-state index in [9.17, 15) is 13.6 Å². The molecule has 0 aliphatic rings. The van der Waals surface area contributed by atoms with Gasteiger partial charge in [-0.15, -0.1) is 11.3 Å². The molecule has 1 N–H and O–H groups in total. The third-order valence-corrected chi connectivity index (χ3v) is 2.86. The maximum atomic E-state index is 13.0. The first kappa shape index (κ1) is 13.4. The average Bonchev–Trinajstić information content (AvgIpc) is 2.76. The van der Waals surface area contributed by atoms with Gasteiger partial charge in [0.2, 0.25) is 0 Å². The molecule has 1 aromatic heterocycles. The van der Waals surface area contributed by atoms with Gasteiger partial charge in [-0.05, 0) is 19.1 Å². The standard InChI is InChI=1S/C12H10F2N2O2S/c1-2-18-11(17)10-6-19-12(16-10)15-9-4-7(13)3-8(14)5-9/h3-6H,2H2,1H3,(H,15,16). The predicted molar refractivity (Wildman–Crippen MR) is 67.7 cm³/mol. The molecular weight excluding hydrogens is 274 g/mol. The number of halogens is 2. The van der Waals surface area contributed by atoms with Crippen molar-refractivity contribution in [1.82, 2.24) is 4.98 Å². The second kappa shape index (κ2) is 5.75. The van der Waals surface area contributed by atoms with Gasteiger partial charge in [0.25, 0.3) is 0 Å². The Bertz CT molecular complexity index is 581. The zero-order chi connectivity index (χ0) is 13.8. The van der Waals surface area contributed by atoms with Gasteiger partial charge < -0.3 is 10.1 Å². The van der Waals surface area contributed by atoms with Crippen molar-refractivity contribution in [2.24, 2.45) is 0 Å². The van der Waals surface area contributed by atoms with Gasteiger partial charge in [0, 0.05) is 17.1 Å². The molecule has 0 saturated heterocycles. The van der Waals surface area contributed by atoms with E-state index in [-0.39, 0.29) is 18.0 Å². The van der Waals surface area contributed by atoms with E-state index in [4.69, 9.17) is 4.74 Å². The molecule has 2 aromatic rings. The van der Waals surface area contributed by atoms with Crippen LogP contribution in [0.1, 0.15) is 17.4 Å². The molecule has 0 atom stereocenters. The van der Waals surface area contributed by atoms with Crippen molar-refractivity contribution in [3.63, 3.8) is 0 Å². The molecule has 7 heteroatoms. The van der Waals surface area contributed by atoms with E-state index >= 15 is 0 Å². The molecule has 0 aliphatic heterocycles. The first-order valence-corrected chi connectivity index (χ1v) is 6.32. The third kappa shape index (κ3) is 3.47. The number of hydrogen-bond acceptors (Lipinski definition) is 5. The molecule has 0 unspecified atom stereocenters. The number of aromatic nitrogens is 1. The molecular formula is C12H10F2N2O2S. The largest absolute Gasteiger partial charge is 0.461 e. The number of nitrogens with one attached hydrogen (secondary N) is 1. The summed E-state index contributed by atoms with van der Waals surface area (Å²) in [6, 6.07) is 3.04. The first-order valence-electron chi connectivity index (χ1n) is 5.44. The molecule has 0 spiro atoms. The van der Waals surface area contributed by atoms with E-state index in [1.54, 1.807) is 6.92 Å². The summed E-state index contributed by atoms with van der Waals surface area (Å²) in [6.07, 6.45) is 0. The fourth-order valence-electron chi connectivity index (χ4n) is 1.38. The van der Waals surface area contributed by atoms with E-state index < -0.39 is 17.6 Å². The maximum absolute atomic E-state index is 13.0. The molecule has 0 fully saturated rings. The van der Waals surface area contributed by atoms with Gasteiger partial charge in [-0.25, -0.2) is 18.6 Å². The lowest BCUT2D eigenvalue weighted by molar-refractivity contribution is 0.0520. The van der Waals surface area contributed by atoms with Gasteiger partial charge >= 0.3 is 5.97 Å². The fraction of sp³-hybridized carbons (Fsp3) is 0.167. The molecule has 0 amide bonds. The van der Waals surface area contributed by atoms with Gasteiger partial charge in [-0.1, -0.05) is 0 Å². The highest BCUT2D eigenvalue weighted by molar-refractivity contribution is 7.14. The van der Waals surface area contributed by atoms with Gasteiger partial charge in [-0.2, -0.15) is 0 Å². The number of ether oxygens (including phenoxy) is 1. The number of hydrogen-bond donors (Lipinski definition) is 1. The minimum atomic E-state index is -0.690. The van der Waals surface area contributed by atoms with Gasteiger partial charge in [-0.3, -0.25) is 0 Å². The summed E-state index contributed by atoms with van der Waals surface area (Å²) in [5, 5.41) is 4.59. The molecule has 19 heavy (non-hydrogen) atoms. The van der Waals surface area contributed by atoms with Crippen LogP contribution in [0, 0.1) is 11.6 Å². The van der Waals surface area contributed by atoms with Crippen LogP contribution in [0.2, 0.25) is 0 Å². The lowest BCUT2D eigenvalue weighted by atomic mass is 10.3. The Hall–Kier alpha value is -2.02. The topological polar surface area (TPSA) is 51.2 Å². The quantitative estimate of drug-likeness (QED) is 0.875. The summed E-state index contributed by atoms with van der Waals surface area (Å²) in [7, 11) is 0. The number of esters is 1. The highest BCUT2D eigenvalue weighted by atomic mass is 32.1. The molecule has 1 heterocycles. The van der Waals surface area contributed by atoms with Crippen molar-refractivity contribution < 1.29 is 18.3 Å². The number of carbonyl (C=O) groups is 1. The number of nitrogens with zero attached hydrogens (tertiary/aromatic N) is 1. The van der Waals surface area contributed by atoms with Crippen LogP contribution in [-0.2, 0) is 4.74 Å². The van der Waals surface area contributed by atoms with Crippen molar-refractivity contribution in [3.05, 3.63) is 40.9 Å². The summed E-state index contributed by atoms with van der Waals surface area (Å²) in [5.41, 5.74) is 0.383. The summed E-state index contributed by atoms with van der Waals surface area (Å²) >= 11 is 1.14. The molecule has 0 bridgehead atoms. The molecule has 4 nitrogen and oxygen atoms in total. The summed E-state index contributed by atoms with van der Waals surface area (Å²) in [5.74, 6) is -1.91. The van der Waals surface area contributed by atoms with E-state index in [1.807, 2.05) is 0 Å². The number of rotatable bonds is 4. The van der Waals surface area contributed by atoms with Crippen LogP contribution in [0.15, 0.2) is 23.6 Å². The van der Waals surface area contributed by atoms with Gasteiger partial charge in [0.05, 0.1) is 6.61 Å². The van der Waals surface area contributed by atoms with Crippen LogP contribution in [0.4, 0.5) is 19.6 Å². The average molecular weight is 284 g/mol. The van der Waals surface area contributed by atoms with Crippen molar-refractivity contribution >= 4 is 28.1 Å². The molecule has 100 valence electrons. The van der Waals surface area contributed by atoms with Crippen molar-refractivity contribution in [1.29, 1.82) is 0 Å². The fourth-order valence-corrected chi connectivity index (χ4v) is 2.08. The summed E-state index contributed by atoms with van der Waals surface area (Å²) in [4.78, 5) is 15.4. The minimum Gasteiger partial charge on any atom is -0.461 e. The number of benzene rings is 1. The van der Waals surface area contributed by atoms with Crippen molar-refractivity contribution in [2.75, 3.05) is 11.9 Å². The first-order chi connectivity index (χ1) is 9.08. The lowest BCUT2D eigenvalue weighted by Gasteiger charge is -2.02. The predicted octanol–water partition coefficient (Wildman–Crippen LogP) is 3.34. The Kier molecular flexibility index (Phi) is 4.06. The van der Waals surface area contributed by atoms with Gasteiger partial charge in [0.1, 0.15) is 11.6 Å². The normalized spacial score (nSPS) is 10.3. The SMILES string of the molecule is CCOC(=O)c1csc(Nc2cc(F)cc(F)c2)n1. The number of anilines is 2. The smallest absolute Gasteiger partial charge is 0.357 e. The third-order valence-electron chi connectivity index (χ3n) is 2.10. The van der Waals surface area contributed by atoms with Crippen LogP contribution < -0.4 is 5.32 Å². The zero-order valence-electron chi connectivity index (χ0n) is 9.94. The van der Waals surface area contributed by atoms with E-state index in [0.29, 0.717) is 5.13 Å². The Morgan fingerprint density at radius 2 is 2.05 bits per heavy atom. The Balaban J connectivity index is 2.13. The van der Waals surface area contributed by atoms with Gasteiger partial charge in [0.15, 0.2) is 10.8 Å². The molecule has 0 aliphatic carbocycles. The van der Waals surface area contributed by atoms with E-state index in [2.05, 4.69) is 10.3 Å². The van der Waals surface area contributed by atoms with E-state index in [0.717, 1.165) is 29.5 Å². The zero-order valence-corrected chi connectivity index (χ0v) is 10.8. The summed E-state index contributed by atoms with van der Waals surface area (Å²) < 4.78 is 30.8. The van der Waals surface area contributed by atoms with Crippen LogP contribution in [0.25, 0.3) is 0 Å². The second-order valence-corrected chi connectivity index (χ2v) is 4.40. The van der Waals surface area contributed by atoms with Crippen LogP contribution >= 0.6 is 11.3 Å². The molecule has 2 rings (SSSR count). The monoisotopic (exact) mass is 284 g/mol. The van der Waals surface area contributed by atoms with Crippen molar-refractivity contribution in [3.8, 4) is 0 Å². The van der Waals surface area contributed by atoms with Crippen molar-refractivity contribution in [2.45, 2.75) is 6.92 Å². The number of carbonyl (C=O) groups excluding carboxylic acids is 1. The Morgan fingerprint density at radius 3 is 2.68 bits per heavy atom. The Labute approximate surface area is 112 Å². The highest BCUT2D eigenvalue weighted by Gasteiger charge is 2.12. The minimum absolute atomic E-state index is 0.159. The molecule has 0 radical (unpaired) electrons. The highest BCUT2D eigenvalue weighted by Crippen LogP contribution is 2.22. The maximum Gasteiger partial charge on any atom is 0.357 e. The number of thiazole rings is 1. The molecule has 1 aromatic carbocycles. The van der Waals surface area contributed by atoms with Crippen LogP contribution in [0.3, 0.4) is 0 Å². The lowest BCUT2D eigenvalue weighted by Crippen LogP contribution is -2.05. The summed E-state index contributed by atoms with van der Waals surface area (Å²) in [6.45, 7) is 1.95.